The van der Waals surface area contributed by atoms with Gasteiger partial charge >= 0.3 is 5.97 Å². The van der Waals surface area contributed by atoms with Gasteiger partial charge in [0.1, 0.15) is 17.0 Å². The summed E-state index contributed by atoms with van der Waals surface area (Å²) >= 11 is 14.3. The second-order valence-electron chi connectivity index (χ2n) is 10.2. The molecular formula is C27H22Cl2FN3O4S. The number of piperidine rings is 1. The molecule has 38 heavy (non-hydrogen) atoms. The number of fused-ring (bicyclic) bond motifs is 3. The summed E-state index contributed by atoms with van der Waals surface area (Å²) in [7, 11) is 0. The molecule has 2 bridgehead atoms. The Morgan fingerprint density at radius 3 is 2.71 bits per heavy atom. The first kappa shape index (κ1) is 24.3. The lowest BCUT2D eigenvalue weighted by Gasteiger charge is -2.31. The molecule has 0 amide bonds. The molecule has 196 valence electrons. The van der Waals surface area contributed by atoms with Crippen molar-refractivity contribution in [3.63, 3.8) is 0 Å². The Bertz CT molecular complexity index is 1570. The second kappa shape index (κ2) is 9.19. The van der Waals surface area contributed by atoms with Crippen LogP contribution in [0.3, 0.4) is 0 Å². The number of rotatable bonds is 7. The average molecular weight is 574 g/mol. The Labute approximate surface area is 231 Å². The van der Waals surface area contributed by atoms with Gasteiger partial charge in [-0.1, -0.05) is 45.8 Å². The second-order valence-corrected chi connectivity index (χ2v) is 12.1. The van der Waals surface area contributed by atoms with Gasteiger partial charge in [-0.15, -0.1) is 0 Å². The minimum Gasteiger partial charge on any atom is -0.478 e. The van der Waals surface area contributed by atoms with Crippen molar-refractivity contribution in [2.45, 2.75) is 50.4 Å². The van der Waals surface area contributed by atoms with Gasteiger partial charge in [0.2, 0.25) is 0 Å². The summed E-state index contributed by atoms with van der Waals surface area (Å²) < 4.78 is 27.3. The van der Waals surface area contributed by atoms with Gasteiger partial charge < -0.3 is 19.3 Å². The Morgan fingerprint density at radius 1 is 1.24 bits per heavy atom. The molecule has 2 aromatic heterocycles. The van der Waals surface area contributed by atoms with Crippen molar-refractivity contribution in [3.8, 4) is 11.3 Å². The fourth-order valence-electron chi connectivity index (χ4n) is 5.81. The van der Waals surface area contributed by atoms with Crippen LogP contribution in [0.4, 0.5) is 9.52 Å². The van der Waals surface area contributed by atoms with E-state index in [0.29, 0.717) is 44.4 Å². The maximum Gasteiger partial charge on any atom is 0.335 e. The highest BCUT2D eigenvalue weighted by atomic mass is 35.5. The fraction of sp³-hybridized carbons (Fsp3) is 0.370. The molecule has 3 atom stereocenters. The summed E-state index contributed by atoms with van der Waals surface area (Å²) in [5, 5.41) is 15.4. The summed E-state index contributed by atoms with van der Waals surface area (Å²) in [6.07, 6.45) is 3.99. The van der Waals surface area contributed by atoms with Crippen LogP contribution in [0.25, 0.3) is 21.5 Å². The molecule has 0 spiro atoms. The molecule has 3 aliphatic rings. The van der Waals surface area contributed by atoms with Crippen LogP contribution in [-0.4, -0.2) is 39.9 Å². The molecular weight excluding hydrogens is 552 g/mol. The van der Waals surface area contributed by atoms with Gasteiger partial charge in [-0.05, 0) is 49.9 Å². The van der Waals surface area contributed by atoms with Crippen LogP contribution >= 0.6 is 34.5 Å². The molecule has 3 fully saturated rings. The van der Waals surface area contributed by atoms with Crippen molar-refractivity contribution >= 4 is 55.9 Å². The minimum atomic E-state index is -1.15. The van der Waals surface area contributed by atoms with E-state index in [1.165, 1.54) is 17.4 Å². The summed E-state index contributed by atoms with van der Waals surface area (Å²) in [6.45, 7) is 1.12. The monoisotopic (exact) mass is 573 g/mol. The minimum absolute atomic E-state index is 0.0671. The van der Waals surface area contributed by atoms with Gasteiger partial charge in [0.05, 0.1) is 33.0 Å². The molecule has 4 aromatic rings. The van der Waals surface area contributed by atoms with Gasteiger partial charge in [-0.3, -0.25) is 0 Å². The predicted molar refractivity (Wildman–Crippen MR) is 143 cm³/mol. The lowest BCUT2D eigenvalue weighted by atomic mass is 10.0. The van der Waals surface area contributed by atoms with E-state index in [9.17, 15) is 14.3 Å². The zero-order valence-corrected chi connectivity index (χ0v) is 22.3. The van der Waals surface area contributed by atoms with E-state index in [1.54, 1.807) is 18.2 Å². The number of carbonyl (C=O) groups is 1. The Hall–Kier alpha value is -2.72. The number of anilines is 1. The predicted octanol–water partition coefficient (Wildman–Crippen LogP) is 7.16. The highest BCUT2D eigenvalue weighted by Gasteiger charge is 2.46. The van der Waals surface area contributed by atoms with Crippen molar-refractivity contribution < 1.29 is 23.6 Å². The molecule has 1 N–H and O–H groups in total. The summed E-state index contributed by atoms with van der Waals surface area (Å²) in [6, 6.07) is 8.13. The zero-order valence-electron chi connectivity index (χ0n) is 20.0. The van der Waals surface area contributed by atoms with Crippen molar-refractivity contribution in [1.29, 1.82) is 0 Å². The Morgan fingerprint density at radius 2 is 2.03 bits per heavy atom. The van der Waals surface area contributed by atoms with E-state index in [-0.39, 0.29) is 23.2 Å². The molecule has 3 heterocycles. The molecule has 1 unspecified atom stereocenters. The number of carboxylic acids is 1. The Balaban J connectivity index is 1.09. The van der Waals surface area contributed by atoms with Crippen LogP contribution in [-0.2, 0) is 11.3 Å². The van der Waals surface area contributed by atoms with Crippen molar-refractivity contribution in [2.24, 2.45) is 5.92 Å². The van der Waals surface area contributed by atoms with Crippen LogP contribution in [0, 0.1) is 11.7 Å². The number of benzene rings is 2. The van der Waals surface area contributed by atoms with E-state index in [4.69, 9.17) is 32.5 Å². The highest BCUT2D eigenvalue weighted by molar-refractivity contribution is 7.22. The van der Waals surface area contributed by atoms with Gasteiger partial charge in [-0.25, -0.2) is 14.2 Å². The molecule has 2 aromatic carbocycles. The number of carboxylic acid groups (broad SMARTS) is 1. The third-order valence-corrected chi connectivity index (χ3v) is 9.48. The lowest BCUT2D eigenvalue weighted by Crippen LogP contribution is -2.38. The Kier molecular flexibility index (Phi) is 5.88. The first-order chi connectivity index (χ1) is 18.4. The number of ether oxygens (including phenoxy) is 1. The van der Waals surface area contributed by atoms with Gasteiger partial charge in [-0.2, -0.15) is 0 Å². The van der Waals surface area contributed by atoms with Crippen molar-refractivity contribution in [2.75, 3.05) is 11.4 Å². The summed E-state index contributed by atoms with van der Waals surface area (Å²) in [5.74, 6) is -0.241. The lowest BCUT2D eigenvalue weighted by molar-refractivity contribution is 0.0122. The standard InChI is InChI=1S/C27H22Cl2FN3O4S/c28-17-2-1-3-18(29)22(17)23-16(25(37-32-23)12-4-5-12)11-36-20-9-15-6-14(20)10-33(15)27-31-24-19(30)7-13(26(34)35)8-21(24)38-27/h1-3,7-8,12,14-15,20H,4-6,9-11H2,(H,34,35)/t14-,15-,20?/m0/s1. The van der Waals surface area contributed by atoms with Crippen LogP contribution in [0.1, 0.15) is 53.3 Å². The number of halogens is 3. The quantitative estimate of drug-likeness (QED) is 0.251. The van der Waals surface area contributed by atoms with Crippen LogP contribution < -0.4 is 4.90 Å². The molecule has 2 aliphatic carbocycles. The van der Waals surface area contributed by atoms with E-state index < -0.39 is 11.8 Å². The number of nitrogens with zero attached hydrogens (tertiary/aromatic N) is 3. The number of hydrogen-bond acceptors (Lipinski definition) is 7. The van der Waals surface area contributed by atoms with Crippen molar-refractivity contribution in [3.05, 3.63) is 63.1 Å². The largest absolute Gasteiger partial charge is 0.478 e. The first-order valence-corrected chi connectivity index (χ1v) is 14.1. The average Bonchev–Trinajstić information content (AvgIpc) is 3.22. The summed E-state index contributed by atoms with van der Waals surface area (Å²) in [4.78, 5) is 18.0. The smallest absolute Gasteiger partial charge is 0.335 e. The maximum absolute atomic E-state index is 14.5. The van der Waals surface area contributed by atoms with Crippen LogP contribution in [0.15, 0.2) is 34.9 Å². The topological polar surface area (TPSA) is 88.7 Å². The molecule has 2 saturated carbocycles. The third-order valence-electron chi connectivity index (χ3n) is 7.81. The van der Waals surface area contributed by atoms with Crippen molar-refractivity contribution in [1.82, 2.24) is 10.1 Å². The molecule has 7 nitrogen and oxygen atoms in total. The molecule has 11 heteroatoms. The highest BCUT2D eigenvalue weighted by Crippen LogP contribution is 2.48. The summed E-state index contributed by atoms with van der Waals surface area (Å²) in [5.41, 5.74) is 2.37. The van der Waals surface area contributed by atoms with Crippen LogP contribution in [0.2, 0.25) is 10.0 Å². The normalized spacial score (nSPS) is 22.6. The fourth-order valence-corrected chi connectivity index (χ4v) is 7.48. The number of aromatic carboxylic acids is 1. The van der Waals surface area contributed by atoms with Crippen LogP contribution in [0.5, 0.6) is 0 Å². The van der Waals surface area contributed by atoms with Gasteiger partial charge in [0, 0.05) is 35.5 Å². The number of hydrogen-bond donors (Lipinski definition) is 1. The zero-order chi connectivity index (χ0) is 26.1. The number of aromatic nitrogens is 2. The number of thiazole rings is 1. The van der Waals surface area contributed by atoms with E-state index in [1.807, 2.05) is 0 Å². The molecule has 1 saturated heterocycles. The molecule has 0 radical (unpaired) electrons. The third kappa shape index (κ3) is 4.07. The molecule has 1 aliphatic heterocycles. The maximum atomic E-state index is 14.5. The van der Waals surface area contributed by atoms with Gasteiger partial charge in [0.25, 0.3) is 0 Å². The first-order valence-electron chi connectivity index (χ1n) is 12.5. The van der Waals surface area contributed by atoms with E-state index in [2.05, 4.69) is 15.0 Å². The van der Waals surface area contributed by atoms with E-state index >= 15 is 0 Å². The van der Waals surface area contributed by atoms with E-state index in [0.717, 1.165) is 54.7 Å². The SMILES string of the molecule is O=C(O)c1cc(F)c2nc(N3C[C@@H]4C[C@H]3CC4OCc3c(-c4c(Cl)cccc4Cl)noc3C3CC3)sc2c1. The molecule has 7 rings (SSSR count). The van der Waals surface area contributed by atoms with Gasteiger partial charge in [0.15, 0.2) is 10.9 Å².